The second kappa shape index (κ2) is 9.83. The Morgan fingerprint density at radius 2 is 1.48 bits per heavy atom. The van der Waals surface area contributed by atoms with Gasteiger partial charge >= 0.3 is 0 Å². The number of piperidine rings is 1. The Hall–Kier alpha value is -1.72. The summed E-state index contributed by atoms with van der Waals surface area (Å²) in [5.74, 6) is -1.84. The van der Waals surface area contributed by atoms with E-state index in [1.54, 1.807) is 4.90 Å². The molecule has 1 saturated carbocycles. The zero-order valence-corrected chi connectivity index (χ0v) is 19.5. The number of Topliss-reactive ketones (excluding diaryl/α,β-unsaturated/α-hetero) is 2. The van der Waals surface area contributed by atoms with Crippen molar-refractivity contribution in [2.45, 2.75) is 97.4 Å². The maximum Gasteiger partial charge on any atom is 0.285 e. The van der Waals surface area contributed by atoms with Gasteiger partial charge in [0.05, 0.1) is 6.04 Å². The molecule has 0 aromatic carbocycles. The Morgan fingerprint density at radius 3 is 2.06 bits per heavy atom. The van der Waals surface area contributed by atoms with Gasteiger partial charge in [-0.3, -0.25) is 19.2 Å². The smallest absolute Gasteiger partial charge is 0.285 e. The Labute approximate surface area is 186 Å². The molecule has 6 heteroatoms. The van der Waals surface area contributed by atoms with Crippen molar-refractivity contribution in [1.29, 1.82) is 0 Å². The minimum Gasteiger partial charge on any atom is -0.363 e. The number of hydrogen-bond acceptors (Lipinski definition) is 4. The van der Waals surface area contributed by atoms with Crippen LogP contribution in [0.5, 0.6) is 0 Å². The fraction of sp³-hybridized carbons (Fsp3) is 0.840. The zero-order valence-electron chi connectivity index (χ0n) is 19.5. The molecule has 2 amide bonds. The molecular formula is C25H40N2O4. The number of carbonyl (C=O) groups is 4. The van der Waals surface area contributed by atoms with Crippen LogP contribution in [0.15, 0.2) is 0 Å². The van der Waals surface area contributed by atoms with Crippen molar-refractivity contribution < 1.29 is 19.2 Å². The summed E-state index contributed by atoms with van der Waals surface area (Å²) in [5.41, 5.74) is 5.33. The van der Waals surface area contributed by atoms with Crippen molar-refractivity contribution in [2.75, 3.05) is 6.54 Å². The van der Waals surface area contributed by atoms with Crippen molar-refractivity contribution >= 4 is 23.4 Å². The van der Waals surface area contributed by atoms with Gasteiger partial charge in [-0.1, -0.05) is 72.1 Å². The highest BCUT2D eigenvalue weighted by atomic mass is 16.2. The maximum absolute atomic E-state index is 13.5. The van der Waals surface area contributed by atoms with E-state index in [0.717, 1.165) is 44.9 Å². The fourth-order valence-corrected chi connectivity index (χ4v) is 6.08. The Morgan fingerprint density at radius 1 is 0.935 bits per heavy atom. The molecule has 0 aromatic rings. The minimum absolute atomic E-state index is 0.0178. The first-order valence-electron chi connectivity index (χ1n) is 12.3. The molecule has 6 nitrogen and oxygen atoms in total. The highest BCUT2D eigenvalue weighted by Gasteiger charge is 2.69. The average Bonchev–Trinajstić information content (AvgIpc) is 3.05. The summed E-state index contributed by atoms with van der Waals surface area (Å²) in [6.45, 7) is 6.93. The number of nitrogens with two attached hydrogens (primary N) is 1. The fourth-order valence-electron chi connectivity index (χ4n) is 6.08. The van der Waals surface area contributed by atoms with E-state index in [-0.39, 0.29) is 35.4 Å². The third kappa shape index (κ3) is 5.20. The molecule has 0 radical (unpaired) electrons. The molecule has 0 spiro atoms. The highest BCUT2D eigenvalue weighted by Crippen LogP contribution is 2.65. The molecule has 5 atom stereocenters. The lowest BCUT2D eigenvalue weighted by atomic mass is 9.86. The summed E-state index contributed by atoms with van der Waals surface area (Å²) < 4.78 is 0. The van der Waals surface area contributed by atoms with Gasteiger partial charge < -0.3 is 10.6 Å². The normalized spacial score (nSPS) is 35.1. The van der Waals surface area contributed by atoms with Crippen molar-refractivity contribution in [3.05, 3.63) is 0 Å². The Balaban J connectivity index is 1.80. The second-order valence-electron chi connectivity index (χ2n) is 10.8. The van der Waals surface area contributed by atoms with E-state index in [0.29, 0.717) is 18.9 Å². The van der Waals surface area contributed by atoms with Crippen molar-refractivity contribution in [3.8, 4) is 0 Å². The van der Waals surface area contributed by atoms with Crippen LogP contribution in [0.3, 0.4) is 0 Å². The first-order valence-corrected chi connectivity index (χ1v) is 12.3. The standard InChI is InChI=1S/C25H40N2O4/c1-16-12-10-8-6-4-5-7-9-11-13-17(22(29)23(26)30)14-19(28)21-20-18(25(20,2)3)15-27(21)24(16)31/h16-18,20-21H,4-15H2,1-3H3,(H2,26,30)/t16-,17+,18-,20-,21?/m0/s1. The zero-order chi connectivity index (χ0) is 22.8. The number of amides is 2. The van der Waals surface area contributed by atoms with Crippen LogP contribution in [-0.2, 0) is 19.2 Å². The molecule has 3 aliphatic rings. The summed E-state index contributed by atoms with van der Waals surface area (Å²) in [7, 11) is 0. The predicted molar refractivity (Wildman–Crippen MR) is 119 cm³/mol. The van der Waals surface area contributed by atoms with Crippen LogP contribution >= 0.6 is 0 Å². The molecule has 1 unspecified atom stereocenters. The summed E-state index contributed by atoms with van der Waals surface area (Å²) in [6, 6.07) is -0.464. The third-order valence-electron chi connectivity index (χ3n) is 8.24. The molecule has 0 bridgehead atoms. The number of rotatable bonds is 2. The number of ketones is 2. The first kappa shape index (κ1) is 23.9. The molecule has 31 heavy (non-hydrogen) atoms. The van der Waals surface area contributed by atoms with E-state index < -0.39 is 23.7 Å². The summed E-state index contributed by atoms with van der Waals surface area (Å²) in [5, 5.41) is 0. The molecular weight excluding hydrogens is 392 g/mol. The van der Waals surface area contributed by atoms with Crippen LogP contribution in [0.4, 0.5) is 0 Å². The first-order chi connectivity index (χ1) is 14.7. The topological polar surface area (TPSA) is 97.5 Å². The molecule has 0 aromatic heterocycles. The molecule has 2 saturated heterocycles. The van der Waals surface area contributed by atoms with Crippen LogP contribution in [-0.4, -0.2) is 40.9 Å². The number of hydrogen-bond donors (Lipinski definition) is 1. The third-order valence-corrected chi connectivity index (χ3v) is 8.24. The lowest BCUT2D eigenvalue weighted by Crippen LogP contribution is -2.48. The molecule has 174 valence electrons. The monoisotopic (exact) mass is 432 g/mol. The summed E-state index contributed by atoms with van der Waals surface area (Å²) in [6.07, 6.45) is 10.1. The van der Waals surface area contributed by atoms with Crippen molar-refractivity contribution in [2.24, 2.45) is 34.8 Å². The molecule has 2 N–H and O–H groups in total. The van der Waals surface area contributed by atoms with E-state index in [1.807, 2.05) is 6.92 Å². The summed E-state index contributed by atoms with van der Waals surface area (Å²) >= 11 is 0. The van der Waals surface area contributed by atoms with Crippen molar-refractivity contribution in [1.82, 2.24) is 4.90 Å². The molecule has 3 rings (SSSR count). The lowest BCUT2D eigenvalue weighted by Gasteiger charge is -2.32. The molecule has 2 aliphatic heterocycles. The van der Waals surface area contributed by atoms with Crippen LogP contribution in [0.25, 0.3) is 0 Å². The van der Waals surface area contributed by atoms with Gasteiger partial charge in [-0.25, -0.2) is 0 Å². The minimum atomic E-state index is -0.957. The number of primary amides is 1. The van der Waals surface area contributed by atoms with Crippen LogP contribution in [0.2, 0.25) is 0 Å². The maximum atomic E-state index is 13.5. The van der Waals surface area contributed by atoms with Gasteiger partial charge in [-0.15, -0.1) is 0 Å². The van der Waals surface area contributed by atoms with Gasteiger partial charge in [0.1, 0.15) is 0 Å². The van der Waals surface area contributed by atoms with Gasteiger partial charge in [-0.05, 0) is 30.1 Å². The molecule has 2 heterocycles. The quantitative estimate of drug-likeness (QED) is 0.674. The lowest BCUT2D eigenvalue weighted by molar-refractivity contribution is -0.144. The van der Waals surface area contributed by atoms with E-state index in [4.69, 9.17) is 5.73 Å². The largest absolute Gasteiger partial charge is 0.363 e. The van der Waals surface area contributed by atoms with Crippen molar-refractivity contribution in [3.63, 3.8) is 0 Å². The predicted octanol–water partition coefficient (Wildman–Crippen LogP) is 3.65. The highest BCUT2D eigenvalue weighted by molar-refractivity contribution is 6.36. The Kier molecular flexibility index (Phi) is 7.59. The van der Waals surface area contributed by atoms with E-state index in [9.17, 15) is 19.2 Å². The van der Waals surface area contributed by atoms with Gasteiger partial charge in [0.25, 0.3) is 5.91 Å². The van der Waals surface area contributed by atoms with Crippen LogP contribution < -0.4 is 5.73 Å². The number of nitrogens with zero attached hydrogens (tertiary/aromatic N) is 1. The molecule has 1 aliphatic carbocycles. The van der Waals surface area contributed by atoms with Gasteiger partial charge in [0.15, 0.2) is 5.78 Å². The SMILES string of the molecule is C[C@H]1CCCCCCCCCC[C@@H](C(=O)C(N)=O)CC(=O)C2[C@@H]3[C@H](CN2C1=O)C3(C)C. The van der Waals surface area contributed by atoms with E-state index in [1.165, 1.54) is 12.8 Å². The number of fused-ring (bicyclic) bond motifs is 3. The van der Waals surface area contributed by atoms with E-state index >= 15 is 0 Å². The van der Waals surface area contributed by atoms with Crippen LogP contribution in [0.1, 0.15) is 91.4 Å². The van der Waals surface area contributed by atoms with Gasteiger partial charge in [-0.2, -0.15) is 0 Å². The second-order valence-corrected chi connectivity index (χ2v) is 10.8. The summed E-state index contributed by atoms with van der Waals surface area (Å²) in [4.78, 5) is 52.6. The Bertz CT molecular complexity index is 716. The average molecular weight is 433 g/mol. The van der Waals surface area contributed by atoms with Gasteiger partial charge in [0, 0.05) is 24.8 Å². The van der Waals surface area contributed by atoms with Crippen LogP contribution in [0, 0.1) is 29.1 Å². The van der Waals surface area contributed by atoms with E-state index in [2.05, 4.69) is 13.8 Å². The molecule has 3 fully saturated rings. The van der Waals surface area contributed by atoms with Gasteiger partial charge in [0.2, 0.25) is 11.7 Å². The number of carbonyl (C=O) groups excluding carboxylic acids is 4.